The van der Waals surface area contributed by atoms with Crippen molar-refractivity contribution >= 4 is 33.8 Å². The van der Waals surface area contributed by atoms with Crippen LogP contribution in [0.5, 0.6) is 0 Å². The molecule has 0 saturated carbocycles. The summed E-state index contributed by atoms with van der Waals surface area (Å²) >= 11 is 0. The highest BCUT2D eigenvalue weighted by atomic mass is 15.1. The second-order valence-electron chi connectivity index (χ2n) is 15.0. The van der Waals surface area contributed by atoms with Crippen LogP contribution >= 0.6 is 0 Å². The van der Waals surface area contributed by atoms with E-state index in [0.717, 1.165) is 42.5 Å². The monoisotopic (exact) mass is 734 g/mol. The zero-order valence-electron chi connectivity index (χ0n) is 32.5. The van der Waals surface area contributed by atoms with Gasteiger partial charge in [0.05, 0.1) is 5.52 Å². The molecule has 0 fully saturated rings. The number of aromatic nitrogens is 1. The summed E-state index contributed by atoms with van der Waals surface area (Å²) in [7, 11) is 0. The molecule has 276 valence electrons. The third-order valence-electron chi connectivity index (χ3n) is 11.3. The summed E-state index contributed by atoms with van der Waals surface area (Å²) in [6, 6.07) is 55.1. The molecule has 0 bridgehead atoms. The third kappa shape index (κ3) is 7.43. The molecule has 1 heterocycles. The standard InChI is InChI=1S/C55H46N2/c1-3-12-41(47-15-11-16-48(39-47)42-13-5-4-6-14-42)37-38-56(49-31-25-44(26-32-49)43-23-21-40(2)22-24-43)50-33-27-45(28-34-50)46-29-35-51(36-30-46)57-54-19-9-7-17-52(54)53-18-8-10-20-55(53)57/h3-9,11-19,21-25,27-31,33-39H,1,10,20,26,32H2,2H3/b38-37-,41-12+. The van der Waals surface area contributed by atoms with E-state index in [1.165, 1.54) is 72.5 Å². The van der Waals surface area contributed by atoms with Crippen molar-refractivity contribution in [1.82, 2.24) is 4.57 Å². The number of anilines is 1. The Morgan fingerprint density at radius 2 is 1.35 bits per heavy atom. The number of aryl methyl sites for hydroxylation is 1. The minimum absolute atomic E-state index is 0.935. The average molecular weight is 735 g/mol. The van der Waals surface area contributed by atoms with Crippen LogP contribution in [0, 0.1) is 6.92 Å². The lowest BCUT2D eigenvalue weighted by Crippen LogP contribution is -2.17. The minimum atomic E-state index is 0.935. The van der Waals surface area contributed by atoms with Gasteiger partial charge in [-0.05, 0) is 126 Å². The van der Waals surface area contributed by atoms with Crippen molar-refractivity contribution in [3.8, 4) is 27.9 Å². The van der Waals surface area contributed by atoms with Gasteiger partial charge in [-0.25, -0.2) is 0 Å². The Bertz CT molecular complexity index is 2710. The predicted molar refractivity (Wildman–Crippen MR) is 244 cm³/mol. The second kappa shape index (κ2) is 16.1. The van der Waals surface area contributed by atoms with Gasteiger partial charge in [0.15, 0.2) is 0 Å². The minimum Gasteiger partial charge on any atom is -0.321 e. The van der Waals surface area contributed by atoms with Crippen LogP contribution in [0.3, 0.4) is 0 Å². The first-order valence-electron chi connectivity index (χ1n) is 20.1. The third-order valence-corrected chi connectivity index (χ3v) is 11.3. The fraction of sp³-hybridized carbons (Fsp3) is 0.0909. The van der Waals surface area contributed by atoms with Crippen LogP contribution in [0.1, 0.15) is 47.2 Å². The molecule has 0 spiro atoms. The average Bonchev–Trinajstić information content (AvgIpc) is 3.62. The van der Waals surface area contributed by atoms with E-state index in [1.807, 2.05) is 6.08 Å². The van der Waals surface area contributed by atoms with Crippen LogP contribution in [-0.4, -0.2) is 4.57 Å². The molecular weight excluding hydrogens is 689 g/mol. The zero-order chi connectivity index (χ0) is 38.6. The van der Waals surface area contributed by atoms with Crippen molar-refractivity contribution in [1.29, 1.82) is 0 Å². The summed E-state index contributed by atoms with van der Waals surface area (Å²) in [6.07, 6.45) is 21.7. The van der Waals surface area contributed by atoms with Crippen LogP contribution < -0.4 is 4.90 Å². The van der Waals surface area contributed by atoms with Gasteiger partial charge in [-0.15, -0.1) is 0 Å². The molecule has 2 aliphatic carbocycles. The first kappa shape index (κ1) is 35.8. The number of allylic oxidation sites excluding steroid dienone is 9. The van der Waals surface area contributed by atoms with Crippen LogP contribution in [0.2, 0.25) is 0 Å². The fourth-order valence-corrected chi connectivity index (χ4v) is 8.31. The Hall–Kier alpha value is -6.90. The second-order valence-corrected chi connectivity index (χ2v) is 15.0. The van der Waals surface area contributed by atoms with E-state index >= 15 is 0 Å². The molecule has 0 saturated heterocycles. The van der Waals surface area contributed by atoms with E-state index in [1.54, 1.807) is 0 Å². The van der Waals surface area contributed by atoms with Gasteiger partial charge in [0.25, 0.3) is 0 Å². The summed E-state index contributed by atoms with van der Waals surface area (Å²) < 4.78 is 2.45. The van der Waals surface area contributed by atoms with Gasteiger partial charge in [0, 0.05) is 39.9 Å². The van der Waals surface area contributed by atoms with Crippen molar-refractivity contribution in [3.05, 3.63) is 235 Å². The summed E-state index contributed by atoms with van der Waals surface area (Å²) in [5.41, 5.74) is 18.6. The van der Waals surface area contributed by atoms with E-state index in [4.69, 9.17) is 0 Å². The van der Waals surface area contributed by atoms with Gasteiger partial charge < -0.3 is 9.47 Å². The maximum Gasteiger partial charge on any atom is 0.0537 e. The van der Waals surface area contributed by atoms with E-state index in [0.29, 0.717) is 0 Å². The summed E-state index contributed by atoms with van der Waals surface area (Å²) in [4.78, 5) is 2.35. The molecule has 0 unspecified atom stereocenters. The zero-order valence-corrected chi connectivity index (χ0v) is 32.5. The number of nitrogens with zero attached hydrogens (tertiary/aromatic N) is 2. The van der Waals surface area contributed by atoms with Gasteiger partial charge in [-0.2, -0.15) is 0 Å². The molecule has 0 atom stereocenters. The van der Waals surface area contributed by atoms with Gasteiger partial charge in [0.1, 0.15) is 0 Å². The number of fused-ring (bicyclic) bond motifs is 3. The highest BCUT2D eigenvalue weighted by Crippen LogP contribution is 2.36. The van der Waals surface area contributed by atoms with Gasteiger partial charge in [-0.3, -0.25) is 0 Å². The number of rotatable bonds is 10. The van der Waals surface area contributed by atoms with Crippen molar-refractivity contribution < 1.29 is 0 Å². The fourth-order valence-electron chi connectivity index (χ4n) is 8.31. The smallest absolute Gasteiger partial charge is 0.0537 e. The van der Waals surface area contributed by atoms with Crippen molar-refractivity contribution in [2.24, 2.45) is 0 Å². The lowest BCUT2D eigenvalue weighted by Gasteiger charge is -2.27. The van der Waals surface area contributed by atoms with Crippen LogP contribution in [0.25, 0.3) is 56.1 Å². The molecule has 0 amide bonds. The Morgan fingerprint density at radius 3 is 2.11 bits per heavy atom. The van der Waals surface area contributed by atoms with E-state index in [2.05, 4.69) is 217 Å². The molecule has 0 aliphatic heterocycles. The largest absolute Gasteiger partial charge is 0.321 e. The number of benzene rings is 6. The maximum absolute atomic E-state index is 4.07. The van der Waals surface area contributed by atoms with Gasteiger partial charge in [-0.1, -0.05) is 158 Å². The van der Waals surface area contributed by atoms with Crippen molar-refractivity contribution in [2.75, 3.05) is 4.90 Å². The molecule has 2 nitrogen and oxygen atoms in total. The molecule has 6 aromatic carbocycles. The lowest BCUT2D eigenvalue weighted by atomic mass is 9.94. The Morgan fingerprint density at radius 1 is 0.649 bits per heavy atom. The summed E-state index contributed by atoms with van der Waals surface area (Å²) in [5.74, 6) is 0. The van der Waals surface area contributed by atoms with Crippen molar-refractivity contribution in [3.63, 3.8) is 0 Å². The van der Waals surface area contributed by atoms with E-state index in [9.17, 15) is 0 Å². The molecule has 57 heavy (non-hydrogen) atoms. The maximum atomic E-state index is 4.07. The molecular formula is C55H46N2. The van der Waals surface area contributed by atoms with E-state index < -0.39 is 0 Å². The van der Waals surface area contributed by atoms with Gasteiger partial charge >= 0.3 is 0 Å². The highest BCUT2D eigenvalue weighted by molar-refractivity contribution is 5.93. The topological polar surface area (TPSA) is 8.17 Å². The number of para-hydroxylation sites is 1. The van der Waals surface area contributed by atoms with Crippen LogP contribution in [0.15, 0.2) is 207 Å². The van der Waals surface area contributed by atoms with E-state index in [-0.39, 0.29) is 0 Å². The molecule has 7 aromatic rings. The van der Waals surface area contributed by atoms with Crippen molar-refractivity contribution in [2.45, 2.75) is 32.6 Å². The Labute approximate surface area is 337 Å². The molecule has 0 N–H and O–H groups in total. The molecule has 2 aliphatic rings. The van der Waals surface area contributed by atoms with Crippen LogP contribution in [-0.2, 0) is 6.42 Å². The SMILES string of the molecule is C=C/C=C(\C=C/N(C1=CC=C(c2ccc(C)cc2)CC1)c1ccc(-c2ccc(-n3c4c(c5ccccc53)C=CCC4)cc2)cc1)c1cccc(-c2ccccc2)c1. The summed E-state index contributed by atoms with van der Waals surface area (Å²) in [5, 5.41) is 1.32. The quantitative estimate of drug-likeness (QED) is 0.127. The molecule has 1 aromatic heterocycles. The first-order valence-corrected chi connectivity index (χ1v) is 20.1. The van der Waals surface area contributed by atoms with Crippen LogP contribution in [0.4, 0.5) is 5.69 Å². The highest BCUT2D eigenvalue weighted by Gasteiger charge is 2.19. The van der Waals surface area contributed by atoms with Gasteiger partial charge in [0.2, 0.25) is 0 Å². The lowest BCUT2D eigenvalue weighted by molar-refractivity contribution is 0.888. The first-order chi connectivity index (χ1) is 28.1. The normalized spacial score (nSPS) is 14.0. The molecule has 2 heteroatoms. The Kier molecular flexibility index (Phi) is 10.1. The molecule has 9 rings (SSSR count). The summed E-state index contributed by atoms with van der Waals surface area (Å²) in [6.45, 7) is 6.21. The number of hydrogen-bond acceptors (Lipinski definition) is 1. The Balaban J connectivity index is 1.04. The molecule has 0 radical (unpaired) electrons. The number of hydrogen-bond donors (Lipinski definition) is 0. The predicted octanol–water partition coefficient (Wildman–Crippen LogP) is 14.6.